The number of ether oxygens (including phenoxy) is 1. The summed E-state index contributed by atoms with van der Waals surface area (Å²) < 4.78 is 5.39. The quantitative estimate of drug-likeness (QED) is 0.895. The van der Waals surface area contributed by atoms with Crippen LogP contribution >= 0.6 is 11.6 Å². The van der Waals surface area contributed by atoms with Crippen LogP contribution in [0.25, 0.3) is 0 Å². The minimum Gasteiger partial charge on any atom is -0.492 e. The van der Waals surface area contributed by atoms with Gasteiger partial charge in [-0.15, -0.1) is 0 Å². The fourth-order valence-corrected chi connectivity index (χ4v) is 2.11. The lowest BCUT2D eigenvalue weighted by molar-refractivity contribution is -0.121. The van der Waals surface area contributed by atoms with Crippen LogP contribution in [0.1, 0.15) is 25.3 Å². The average molecular weight is 310 g/mol. The van der Waals surface area contributed by atoms with Gasteiger partial charge in [-0.05, 0) is 31.5 Å². The SMILES string of the molecule is CCOc1cc(C)c(NC(=O)C2=NNC(=O)CC2)cc1Cl. The first kappa shape index (κ1) is 15.3. The molecule has 0 aromatic heterocycles. The van der Waals surface area contributed by atoms with Crippen molar-refractivity contribution < 1.29 is 14.3 Å². The van der Waals surface area contributed by atoms with E-state index in [9.17, 15) is 9.59 Å². The summed E-state index contributed by atoms with van der Waals surface area (Å²) in [6, 6.07) is 3.41. The van der Waals surface area contributed by atoms with E-state index in [0.29, 0.717) is 35.2 Å². The Morgan fingerprint density at radius 2 is 2.24 bits per heavy atom. The number of carbonyl (C=O) groups is 2. The molecule has 0 fully saturated rings. The summed E-state index contributed by atoms with van der Waals surface area (Å²) in [6.45, 7) is 4.23. The van der Waals surface area contributed by atoms with Crippen molar-refractivity contribution in [3.63, 3.8) is 0 Å². The molecule has 1 aliphatic heterocycles. The normalized spacial score (nSPS) is 14.2. The summed E-state index contributed by atoms with van der Waals surface area (Å²) in [7, 11) is 0. The number of hydrogen-bond donors (Lipinski definition) is 2. The van der Waals surface area contributed by atoms with Crippen molar-refractivity contribution >= 4 is 34.8 Å². The minimum atomic E-state index is -0.349. The molecular formula is C14H16ClN3O3. The first-order valence-corrected chi connectivity index (χ1v) is 6.98. The summed E-state index contributed by atoms with van der Waals surface area (Å²) >= 11 is 6.10. The molecule has 0 spiro atoms. The molecule has 0 bridgehead atoms. The van der Waals surface area contributed by atoms with Gasteiger partial charge >= 0.3 is 0 Å². The number of carbonyl (C=O) groups excluding carboxylic acids is 2. The van der Waals surface area contributed by atoms with Crippen LogP contribution in [0, 0.1) is 6.92 Å². The van der Waals surface area contributed by atoms with Crippen molar-refractivity contribution in [1.82, 2.24) is 5.43 Å². The molecule has 2 N–H and O–H groups in total. The molecule has 0 aliphatic carbocycles. The third kappa shape index (κ3) is 3.72. The molecular weight excluding hydrogens is 294 g/mol. The Balaban J connectivity index is 2.14. The van der Waals surface area contributed by atoms with Crippen LogP contribution in [-0.2, 0) is 9.59 Å². The Labute approximate surface area is 127 Å². The maximum absolute atomic E-state index is 12.1. The molecule has 0 atom stereocenters. The van der Waals surface area contributed by atoms with Crippen LogP contribution in [0.15, 0.2) is 17.2 Å². The third-order valence-electron chi connectivity index (χ3n) is 2.99. The highest BCUT2D eigenvalue weighted by molar-refractivity contribution is 6.43. The van der Waals surface area contributed by atoms with E-state index in [1.165, 1.54) is 0 Å². The summed E-state index contributed by atoms with van der Waals surface area (Å²) in [4.78, 5) is 23.1. The predicted molar refractivity (Wildman–Crippen MR) is 80.8 cm³/mol. The fraction of sp³-hybridized carbons (Fsp3) is 0.357. The molecule has 1 aromatic carbocycles. The van der Waals surface area contributed by atoms with Gasteiger partial charge in [0.15, 0.2) is 0 Å². The molecule has 0 radical (unpaired) electrons. The van der Waals surface area contributed by atoms with Crippen LogP contribution in [0.2, 0.25) is 5.02 Å². The first-order chi connectivity index (χ1) is 10.0. The highest BCUT2D eigenvalue weighted by atomic mass is 35.5. The lowest BCUT2D eigenvalue weighted by Crippen LogP contribution is -2.32. The van der Waals surface area contributed by atoms with Gasteiger partial charge in [-0.3, -0.25) is 9.59 Å². The molecule has 7 heteroatoms. The summed E-state index contributed by atoms with van der Waals surface area (Å²) in [5.41, 5.74) is 4.00. The van der Waals surface area contributed by atoms with Crippen molar-refractivity contribution in [2.24, 2.45) is 5.10 Å². The predicted octanol–water partition coefficient (Wildman–Crippen LogP) is 2.25. The van der Waals surface area contributed by atoms with E-state index in [0.717, 1.165) is 5.56 Å². The second-order valence-corrected chi connectivity index (χ2v) is 4.99. The lowest BCUT2D eigenvalue weighted by atomic mass is 10.1. The Bertz CT molecular complexity index is 614. The zero-order valence-electron chi connectivity index (χ0n) is 11.8. The number of nitrogens with zero attached hydrogens (tertiary/aromatic N) is 1. The first-order valence-electron chi connectivity index (χ1n) is 6.61. The zero-order valence-corrected chi connectivity index (χ0v) is 12.6. The number of benzene rings is 1. The lowest BCUT2D eigenvalue weighted by Gasteiger charge is -2.15. The van der Waals surface area contributed by atoms with E-state index < -0.39 is 0 Å². The van der Waals surface area contributed by atoms with Gasteiger partial charge in [0.05, 0.1) is 11.6 Å². The molecule has 112 valence electrons. The second-order valence-electron chi connectivity index (χ2n) is 4.58. The molecule has 0 unspecified atom stereocenters. The molecule has 0 saturated carbocycles. The molecule has 1 aliphatic rings. The van der Waals surface area contributed by atoms with Gasteiger partial charge in [0.1, 0.15) is 11.5 Å². The third-order valence-corrected chi connectivity index (χ3v) is 3.29. The van der Waals surface area contributed by atoms with Crippen molar-refractivity contribution in [2.75, 3.05) is 11.9 Å². The van der Waals surface area contributed by atoms with Gasteiger partial charge in [0.2, 0.25) is 5.91 Å². The Hall–Kier alpha value is -2.08. The maximum Gasteiger partial charge on any atom is 0.271 e. The van der Waals surface area contributed by atoms with Crippen LogP contribution in [0.3, 0.4) is 0 Å². The summed E-state index contributed by atoms with van der Waals surface area (Å²) in [6.07, 6.45) is 0.580. The van der Waals surface area contributed by atoms with E-state index in [1.807, 2.05) is 13.8 Å². The van der Waals surface area contributed by atoms with Gasteiger partial charge < -0.3 is 10.1 Å². The highest BCUT2D eigenvalue weighted by Crippen LogP contribution is 2.31. The number of hydrogen-bond acceptors (Lipinski definition) is 4. The number of amides is 2. The number of rotatable bonds is 4. The number of anilines is 1. The second kappa shape index (κ2) is 6.58. The van der Waals surface area contributed by atoms with Gasteiger partial charge in [0, 0.05) is 18.5 Å². The highest BCUT2D eigenvalue weighted by Gasteiger charge is 2.19. The van der Waals surface area contributed by atoms with E-state index in [4.69, 9.17) is 16.3 Å². The minimum absolute atomic E-state index is 0.188. The number of nitrogens with one attached hydrogen (secondary N) is 2. The Morgan fingerprint density at radius 1 is 1.48 bits per heavy atom. The standard InChI is InChI=1S/C14H16ClN3O3/c1-3-21-12-6-8(2)11(7-9(12)15)16-14(20)10-4-5-13(19)18-17-10/h6-7H,3-5H2,1-2H3,(H,16,20)(H,18,19). The molecule has 6 nitrogen and oxygen atoms in total. The summed E-state index contributed by atoms with van der Waals surface area (Å²) in [5.74, 6) is 0.0436. The largest absolute Gasteiger partial charge is 0.492 e. The average Bonchev–Trinajstić information content (AvgIpc) is 2.45. The van der Waals surface area contributed by atoms with E-state index in [2.05, 4.69) is 15.8 Å². The molecule has 2 amide bonds. The molecule has 21 heavy (non-hydrogen) atoms. The van der Waals surface area contributed by atoms with Crippen LogP contribution < -0.4 is 15.5 Å². The number of hydrazone groups is 1. The zero-order chi connectivity index (χ0) is 15.4. The smallest absolute Gasteiger partial charge is 0.271 e. The monoisotopic (exact) mass is 309 g/mol. The number of halogens is 1. The maximum atomic E-state index is 12.1. The molecule has 1 heterocycles. The van der Waals surface area contributed by atoms with Crippen LogP contribution in [0.4, 0.5) is 5.69 Å². The van der Waals surface area contributed by atoms with Crippen molar-refractivity contribution in [3.05, 3.63) is 22.7 Å². The van der Waals surface area contributed by atoms with Crippen molar-refractivity contribution in [1.29, 1.82) is 0 Å². The van der Waals surface area contributed by atoms with Gasteiger partial charge in [-0.2, -0.15) is 5.10 Å². The van der Waals surface area contributed by atoms with Crippen LogP contribution in [0.5, 0.6) is 5.75 Å². The molecule has 0 saturated heterocycles. The summed E-state index contributed by atoms with van der Waals surface area (Å²) in [5, 5.41) is 6.92. The van der Waals surface area contributed by atoms with E-state index in [-0.39, 0.29) is 18.2 Å². The molecule has 1 aromatic rings. The number of aryl methyl sites for hydroxylation is 1. The Morgan fingerprint density at radius 3 is 2.86 bits per heavy atom. The Kier molecular flexibility index (Phi) is 4.80. The van der Waals surface area contributed by atoms with E-state index >= 15 is 0 Å². The van der Waals surface area contributed by atoms with Gasteiger partial charge in [0.25, 0.3) is 5.91 Å². The fourth-order valence-electron chi connectivity index (χ4n) is 1.89. The van der Waals surface area contributed by atoms with Gasteiger partial charge in [-0.25, -0.2) is 5.43 Å². The van der Waals surface area contributed by atoms with Crippen molar-refractivity contribution in [2.45, 2.75) is 26.7 Å². The molecule has 2 rings (SSSR count). The topological polar surface area (TPSA) is 79.8 Å². The van der Waals surface area contributed by atoms with Crippen molar-refractivity contribution in [3.8, 4) is 5.75 Å². The van der Waals surface area contributed by atoms with Gasteiger partial charge in [-0.1, -0.05) is 11.6 Å². The van der Waals surface area contributed by atoms with Crippen LogP contribution in [-0.4, -0.2) is 24.1 Å². The van der Waals surface area contributed by atoms with E-state index in [1.54, 1.807) is 12.1 Å².